The maximum Gasteiger partial charge on any atom is 0.326 e. The number of aromatic nitrogens is 1. The molecule has 4 heteroatoms. The maximum absolute atomic E-state index is 7.10. The quantitative estimate of drug-likeness (QED) is 0.115. The first-order chi connectivity index (χ1) is 33.2. The van der Waals surface area contributed by atoms with E-state index < -0.39 is 8.38 Å². The van der Waals surface area contributed by atoms with Crippen LogP contribution in [0.2, 0.25) is 0 Å². The average molecular weight is 878 g/mol. The van der Waals surface area contributed by atoms with Crippen molar-refractivity contribution in [3.63, 3.8) is 0 Å². The number of benzene rings is 10. The summed E-state index contributed by atoms with van der Waals surface area (Å²) in [4.78, 5) is 4.88. The average Bonchev–Trinajstić information content (AvgIpc) is 3.41. The minimum atomic E-state index is -1.72. The number of rotatable bonds is 12. The van der Waals surface area contributed by atoms with Crippen LogP contribution in [0.1, 0.15) is 0 Å². The number of hydrogen-bond donors (Lipinski definition) is 0. The highest BCUT2D eigenvalue weighted by Gasteiger charge is 2.21. The summed E-state index contributed by atoms with van der Waals surface area (Å²) in [7, 11) is -1.72. The molecule has 67 heavy (non-hydrogen) atoms. The van der Waals surface area contributed by atoms with Crippen molar-refractivity contribution in [2.75, 3.05) is 0 Å². The molecule has 0 bridgehead atoms. The lowest BCUT2D eigenvalue weighted by Crippen LogP contribution is -2.10. The van der Waals surface area contributed by atoms with Gasteiger partial charge in [-0.1, -0.05) is 182 Å². The van der Waals surface area contributed by atoms with Crippen LogP contribution in [-0.4, -0.2) is 4.98 Å². The van der Waals surface area contributed by atoms with Crippen LogP contribution in [0.3, 0.4) is 0 Å². The van der Waals surface area contributed by atoms with Crippen molar-refractivity contribution in [3.8, 4) is 89.5 Å². The zero-order valence-electron chi connectivity index (χ0n) is 36.6. The van der Waals surface area contributed by atoms with Crippen molar-refractivity contribution in [1.29, 1.82) is 0 Å². The molecule has 11 rings (SSSR count). The molecule has 3 nitrogen and oxygen atoms in total. The molecule has 0 N–H and O–H groups in total. The van der Waals surface area contributed by atoms with E-state index in [0.29, 0.717) is 11.5 Å². The Balaban J connectivity index is 0.989. The lowest BCUT2D eigenvalue weighted by molar-refractivity contribution is 0.502. The summed E-state index contributed by atoms with van der Waals surface area (Å²) in [5, 5.41) is 3.15. The van der Waals surface area contributed by atoms with E-state index >= 15 is 0 Å². The lowest BCUT2D eigenvalue weighted by Gasteiger charge is -2.21. The van der Waals surface area contributed by atoms with E-state index in [1.54, 1.807) is 0 Å². The summed E-state index contributed by atoms with van der Waals surface area (Å²) >= 11 is 0. The first-order valence-electron chi connectivity index (χ1n) is 22.5. The minimum Gasteiger partial charge on any atom is -0.435 e. The third kappa shape index (κ3) is 9.28. The Kier molecular flexibility index (Phi) is 11.7. The third-order valence-electron chi connectivity index (χ3n) is 12.0. The molecule has 0 saturated carbocycles. The van der Waals surface area contributed by atoms with Gasteiger partial charge in [-0.25, -0.2) is 0 Å². The van der Waals surface area contributed by atoms with Crippen LogP contribution in [0, 0.1) is 0 Å². The summed E-state index contributed by atoms with van der Waals surface area (Å²) in [6.07, 6.45) is 1.88. The van der Waals surface area contributed by atoms with E-state index in [2.05, 4.69) is 249 Å². The van der Waals surface area contributed by atoms with Gasteiger partial charge in [-0.05, 0) is 151 Å². The van der Waals surface area contributed by atoms with Crippen LogP contribution < -0.4 is 14.4 Å². The molecule has 1 heterocycles. The van der Waals surface area contributed by atoms with Gasteiger partial charge in [0.15, 0.2) is 0 Å². The van der Waals surface area contributed by atoms with E-state index in [1.165, 1.54) is 0 Å². The first kappa shape index (κ1) is 41.4. The molecule has 0 atom stereocenters. The van der Waals surface area contributed by atoms with Crippen molar-refractivity contribution >= 4 is 24.5 Å². The van der Waals surface area contributed by atoms with Crippen LogP contribution in [0.25, 0.3) is 88.8 Å². The van der Waals surface area contributed by atoms with Crippen LogP contribution in [-0.2, 0) is 0 Å². The van der Waals surface area contributed by atoms with Gasteiger partial charge in [0.1, 0.15) is 11.5 Å². The monoisotopic (exact) mass is 877 g/mol. The predicted molar refractivity (Wildman–Crippen MR) is 280 cm³/mol. The van der Waals surface area contributed by atoms with Gasteiger partial charge in [0.25, 0.3) is 0 Å². The predicted octanol–water partition coefficient (Wildman–Crippen LogP) is 17.0. The molecule has 0 saturated heterocycles. The molecule has 0 aliphatic rings. The fourth-order valence-electron chi connectivity index (χ4n) is 8.67. The zero-order chi connectivity index (χ0) is 44.8. The molecule has 0 aliphatic heterocycles. The zero-order valence-corrected chi connectivity index (χ0v) is 37.5. The molecule has 0 aliphatic carbocycles. The number of pyridine rings is 1. The second-order valence-electron chi connectivity index (χ2n) is 16.5. The molecule has 1 aromatic heterocycles. The van der Waals surface area contributed by atoms with Gasteiger partial charge in [-0.15, -0.1) is 0 Å². The van der Waals surface area contributed by atoms with Crippen LogP contribution in [0.4, 0.5) is 0 Å². The summed E-state index contributed by atoms with van der Waals surface area (Å²) in [6.45, 7) is 0. The third-order valence-corrected chi connectivity index (χ3v) is 13.5. The lowest BCUT2D eigenvalue weighted by atomic mass is 9.93. The number of fused-ring (bicyclic) bond motifs is 1. The molecular weight excluding hydrogens is 834 g/mol. The molecule has 0 unspecified atom stereocenters. The maximum atomic E-state index is 7.10. The molecule has 0 fully saturated rings. The van der Waals surface area contributed by atoms with Gasteiger partial charge in [0, 0.05) is 17.1 Å². The molecule has 0 amide bonds. The Hall–Kier alpha value is -8.36. The standard InChI is InChI=1S/C63H44NO2P/c1-5-18-45(19-6-1)53-36-54(46-20-7-2-8-21-46)39-57(38-53)50-27-15-30-59(42-50)65-67(61-32-17-29-52(44-61)63-62-33-14-13-26-49(62)34-35-64-63)66-60-31-16-28-51(43-60)58-40-55(47-22-9-3-10-23-47)37-56(41-58)48-24-11-4-12-25-48/h1-44H. The Labute approximate surface area is 393 Å². The Morgan fingerprint density at radius 2 is 0.642 bits per heavy atom. The normalized spacial score (nSPS) is 11.1. The van der Waals surface area contributed by atoms with E-state index in [4.69, 9.17) is 14.0 Å². The van der Waals surface area contributed by atoms with Gasteiger partial charge >= 0.3 is 8.38 Å². The van der Waals surface area contributed by atoms with E-state index in [-0.39, 0.29) is 0 Å². The van der Waals surface area contributed by atoms with Crippen molar-refractivity contribution in [2.45, 2.75) is 0 Å². The molecule has 10 aromatic carbocycles. The summed E-state index contributed by atoms with van der Waals surface area (Å²) < 4.78 is 14.2. The summed E-state index contributed by atoms with van der Waals surface area (Å²) in [5.74, 6) is 1.42. The topological polar surface area (TPSA) is 31.4 Å². The van der Waals surface area contributed by atoms with Gasteiger partial charge in [0.2, 0.25) is 0 Å². The summed E-state index contributed by atoms with van der Waals surface area (Å²) in [6, 6.07) is 91.5. The molecule has 0 radical (unpaired) electrons. The van der Waals surface area contributed by atoms with Crippen LogP contribution in [0.5, 0.6) is 11.5 Å². The second kappa shape index (κ2) is 19.0. The number of nitrogens with zero attached hydrogens (tertiary/aromatic N) is 1. The molecule has 318 valence electrons. The first-order valence-corrected chi connectivity index (χ1v) is 23.7. The van der Waals surface area contributed by atoms with E-state index in [9.17, 15) is 0 Å². The Bertz CT molecular complexity index is 3180. The van der Waals surface area contributed by atoms with Crippen LogP contribution in [0.15, 0.2) is 267 Å². The largest absolute Gasteiger partial charge is 0.435 e. The SMILES string of the molecule is c1ccc(-c2cc(-c3ccccc3)cc(-c3cccc(OP(Oc4cccc(-c5cc(-c6ccccc6)cc(-c6ccccc6)c5)c4)c4cccc(-c5nccc6ccccc56)c4)c3)c2)cc1. The summed E-state index contributed by atoms with van der Waals surface area (Å²) in [5.41, 5.74) is 15.5. The highest BCUT2D eigenvalue weighted by Crippen LogP contribution is 2.44. The van der Waals surface area contributed by atoms with E-state index in [0.717, 1.165) is 94.1 Å². The Morgan fingerprint density at radius 3 is 1.10 bits per heavy atom. The fraction of sp³-hybridized carbons (Fsp3) is 0. The highest BCUT2D eigenvalue weighted by atomic mass is 31.2. The van der Waals surface area contributed by atoms with Crippen molar-refractivity contribution in [2.24, 2.45) is 0 Å². The number of hydrogen-bond acceptors (Lipinski definition) is 3. The van der Waals surface area contributed by atoms with Crippen molar-refractivity contribution < 1.29 is 9.05 Å². The van der Waals surface area contributed by atoms with E-state index in [1.807, 2.05) is 18.3 Å². The van der Waals surface area contributed by atoms with Gasteiger partial charge in [-0.2, -0.15) is 0 Å². The Morgan fingerprint density at radius 1 is 0.269 bits per heavy atom. The van der Waals surface area contributed by atoms with Gasteiger partial charge in [0.05, 0.1) is 11.0 Å². The van der Waals surface area contributed by atoms with Crippen molar-refractivity contribution in [1.82, 2.24) is 4.98 Å². The minimum absolute atomic E-state index is 0.711. The van der Waals surface area contributed by atoms with Crippen molar-refractivity contribution in [3.05, 3.63) is 267 Å². The second-order valence-corrected chi connectivity index (χ2v) is 17.9. The van der Waals surface area contributed by atoms with Crippen LogP contribution >= 0.6 is 8.38 Å². The molecule has 0 spiro atoms. The van der Waals surface area contributed by atoms with Gasteiger partial charge < -0.3 is 9.05 Å². The van der Waals surface area contributed by atoms with Gasteiger partial charge in [-0.3, -0.25) is 4.98 Å². The smallest absolute Gasteiger partial charge is 0.326 e. The fourth-order valence-corrected chi connectivity index (χ4v) is 9.98. The molecular formula is C63H44NO2P. The molecule has 11 aromatic rings. The highest BCUT2D eigenvalue weighted by molar-refractivity contribution is 7.56.